The first-order chi connectivity index (χ1) is 8.86. The van der Waals surface area contributed by atoms with Crippen molar-refractivity contribution in [2.45, 2.75) is 24.3 Å². The van der Waals surface area contributed by atoms with E-state index in [0.29, 0.717) is 12.1 Å². The summed E-state index contributed by atoms with van der Waals surface area (Å²) in [5.41, 5.74) is 0.303. The molecule has 0 aliphatic heterocycles. The maximum atomic E-state index is 11.6. The van der Waals surface area contributed by atoms with Crippen molar-refractivity contribution in [3.05, 3.63) is 24.3 Å². The zero-order chi connectivity index (χ0) is 14.5. The van der Waals surface area contributed by atoms with Crippen molar-refractivity contribution >= 4 is 21.7 Å². The Kier molecular flexibility index (Phi) is 5.28. The molecule has 8 heteroatoms. The smallest absolute Gasteiger partial charge is 0.319 e. The number of anilines is 1. The molecule has 0 radical (unpaired) electrons. The maximum absolute atomic E-state index is 11.6. The van der Waals surface area contributed by atoms with Gasteiger partial charge in [-0.05, 0) is 24.6 Å². The van der Waals surface area contributed by atoms with Crippen molar-refractivity contribution in [3.8, 4) is 0 Å². The van der Waals surface area contributed by atoms with Gasteiger partial charge in [-0.15, -0.1) is 0 Å². The van der Waals surface area contributed by atoms with E-state index < -0.39 is 16.1 Å². The van der Waals surface area contributed by atoms with Crippen LogP contribution in [0.3, 0.4) is 0 Å². The summed E-state index contributed by atoms with van der Waals surface area (Å²) < 4.78 is 22.3. The first-order valence-corrected chi connectivity index (χ1v) is 7.22. The molecule has 106 valence electrons. The third kappa shape index (κ3) is 4.86. The Labute approximate surface area is 111 Å². The lowest BCUT2D eigenvalue weighted by Crippen LogP contribution is -2.39. The van der Waals surface area contributed by atoms with Crippen LogP contribution in [0.1, 0.15) is 13.3 Å². The molecular formula is C11H17N3O4S. The van der Waals surface area contributed by atoms with E-state index in [1.165, 1.54) is 24.3 Å². The molecule has 7 nitrogen and oxygen atoms in total. The van der Waals surface area contributed by atoms with E-state index >= 15 is 0 Å². The van der Waals surface area contributed by atoms with Gasteiger partial charge in [0.2, 0.25) is 10.0 Å². The predicted octanol–water partition coefficient (Wildman–Crippen LogP) is 0.226. The molecule has 0 bridgehead atoms. The monoisotopic (exact) mass is 287 g/mol. The van der Waals surface area contributed by atoms with Gasteiger partial charge in [-0.25, -0.2) is 18.4 Å². The Morgan fingerprint density at radius 3 is 2.68 bits per heavy atom. The highest BCUT2D eigenvalue weighted by Crippen LogP contribution is 2.13. The lowest BCUT2D eigenvalue weighted by Gasteiger charge is -2.14. The lowest BCUT2D eigenvalue weighted by molar-refractivity contribution is 0.222. The summed E-state index contributed by atoms with van der Waals surface area (Å²) in [5.74, 6) is 0. The molecule has 0 saturated heterocycles. The van der Waals surface area contributed by atoms with Gasteiger partial charge in [-0.3, -0.25) is 0 Å². The molecule has 0 aliphatic carbocycles. The quantitative estimate of drug-likeness (QED) is 0.619. The number of nitrogens with two attached hydrogens (primary N) is 1. The zero-order valence-electron chi connectivity index (χ0n) is 10.5. The van der Waals surface area contributed by atoms with E-state index in [-0.39, 0.29) is 17.5 Å². The lowest BCUT2D eigenvalue weighted by atomic mass is 10.2. The van der Waals surface area contributed by atoms with Gasteiger partial charge in [0.05, 0.1) is 17.5 Å². The van der Waals surface area contributed by atoms with Gasteiger partial charge in [-0.2, -0.15) is 0 Å². The second kappa shape index (κ2) is 6.50. The van der Waals surface area contributed by atoms with Crippen LogP contribution in [0.4, 0.5) is 10.5 Å². The number of aliphatic hydroxyl groups excluding tert-OH is 1. The maximum Gasteiger partial charge on any atom is 0.319 e. The van der Waals surface area contributed by atoms with E-state index in [9.17, 15) is 13.2 Å². The summed E-state index contributed by atoms with van der Waals surface area (Å²) in [6.45, 7) is 1.66. The number of aliphatic hydroxyl groups is 1. The molecule has 1 rings (SSSR count). The number of primary sulfonamides is 1. The number of carbonyl (C=O) groups is 1. The summed E-state index contributed by atoms with van der Waals surface area (Å²) >= 11 is 0. The van der Waals surface area contributed by atoms with E-state index in [2.05, 4.69) is 10.6 Å². The minimum Gasteiger partial charge on any atom is -0.394 e. The van der Waals surface area contributed by atoms with Gasteiger partial charge in [0.15, 0.2) is 0 Å². The third-order valence-corrected chi connectivity index (χ3v) is 3.38. The molecule has 1 aromatic rings. The molecule has 0 unspecified atom stereocenters. The van der Waals surface area contributed by atoms with Crippen LogP contribution in [-0.4, -0.2) is 32.2 Å². The molecular weight excluding hydrogens is 270 g/mol. The summed E-state index contributed by atoms with van der Waals surface area (Å²) in [6.07, 6.45) is 0.584. The normalized spacial score (nSPS) is 12.8. The highest BCUT2D eigenvalue weighted by molar-refractivity contribution is 7.89. The van der Waals surface area contributed by atoms with E-state index in [0.717, 1.165) is 0 Å². The number of urea groups is 1. The first-order valence-electron chi connectivity index (χ1n) is 5.68. The predicted molar refractivity (Wildman–Crippen MR) is 71.1 cm³/mol. The number of sulfonamides is 1. The van der Waals surface area contributed by atoms with Crippen LogP contribution in [-0.2, 0) is 10.0 Å². The second-order valence-electron chi connectivity index (χ2n) is 3.96. The summed E-state index contributed by atoms with van der Waals surface area (Å²) in [5, 5.41) is 19.0. The minimum absolute atomic E-state index is 0.0838. The Morgan fingerprint density at radius 1 is 1.47 bits per heavy atom. The summed E-state index contributed by atoms with van der Waals surface area (Å²) in [4.78, 5) is 11.5. The molecule has 0 heterocycles. The molecule has 0 aromatic heterocycles. The van der Waals surface area contributed by atoms with Crippen LogP contribution in [0.2, 0.25) is 0 Å². The fourth-order valence-corrected chi connectivity index (χ4v) is 1.94. The number of hydrogen-bond donors (Lipinski definition) is 4. The van der Waals surface area contributed by atoms with E-state index in [4.69, 9.17) is 10.2 Å². The third-order valence-electron chi connectivity index (χ3n) is 2.47. The number of benzene rings is 1. The van der Waals surface area contributed by atoms with Crippen LogP contribution >= 0.6 is 0 Å². The highest BCUT2D eigenvalue weighted by atomic mass is 32.2. The summed E-state index contributed by atoms with van der Waals surface area (Å²) in [6, 6.07) is 4.73. The Hall–Kier alpha value is -1.64. The average Bonchev–Trinajstić information content (AvgIpc) is 2.35. The Balaban J connectivity index is 2.75. The molecule has 2 amide bonds. The molecule has 1 aromatic carbocycles. The van der Waals surface area contributed by atoms with Crippen LogP contribution in [0.5, 0.6) is 0 Å². The van der Waals surface area contributed by atoms with Gasteiger partial charge in [0.25, 0.3) is 0 Å². The minimum atomic E-state index is -3.81. The number of amides is 2. The SMILES string of the molecule is CC[C@@H](CO)NC(=O)Nc1cccc(S(N)(=O)=O)c1. The van der Waals surface area contributed by atoms with Crippen LogP contribution in [0, 0.1) is 0 Å². The first kappa shape index (κ1) is 15.4. The molecule has 0 fully saturated rings. The van der Waals surface area contributed by atoms with Crippen LogP contribution in [0.15, 0.2) is 29.2 Å². The van der Waals surface area contributed by atoms with Gasteiger partial charge in [-0.1, -0.05) is 13.0 Å². The van der Waals surface area contributed by atoms with Gasteiger partial charge in [0, 0.05) is 5.69 Å². The molecule has 0 aliphatic rings. The number of rotatable bonds is 5. The van der Waals surface area contributed by atoms with Crippen molar-refractivity contribution < 1.29 is 18.3 Å². The fraction of sp³-hybridized carbons (Fsp3) is 0.364. The van der Waals surface area contributed by atoms with E-state index in [1.807, 2.05) is 6.92 Å². The average molecular weight is 287 g/mol. The van der Waals surface area contributed by atoms with Crippen molar-refractivity contribution in [3.63, 3.8) is 0 Å². The summed E-state index contributed by atoms with van der Waals surface area (Å²) in [7, 11) is -3.81. The molecule has 19 heavy (non-hydrogen) atoms. The molecule has 5 N–H and O–H groups in total. The molecule has 1 atom stereocenters. The van der Waals surface area contributed by atoms with E-state index in [1.54, 1.807) is 0 Å². The fourth-order valence-electron chi connectivity index (χ4n) is 1.38. The van der Waals surface area contributed by atoms with Crippen molar-refractivity contribution in [1.29, 1.82) is 0 Å². The Morgan fingerprint density at radius 2 is 2.16 bits per heavy atom. The topological polar surface area (TPSA) is 122 Å². The standard InChI is InChI=1S/C11H17N3O4S/c1-2-8(7-15)13-11(16)14-9-4-3-5-10(6-9)19(12,17)18/h3-6,8,15H,2,7H2,1H3,(H2,12,17,18)(H2,13,14,16)/t8-/m0/s1. The van der Waals surface area contributed by atoms with Gasteiger partial charge < -0.3 is 15.7 Å². The van der Waals surface area contributed by atoms with Crippen molar-refractivity contribution in [2.24, 2.45) is 5.14 Å². The van der Waals surface area contributed by atoms with Crippen LogP contribution in [0.25, 0.3) is 0 Å². The van der Waals surface area contributed by atoms with Gasteiger partial charge in [0.1, 0.15) is 0 Å². The van der Waals surface area contributed by atoms with Gasteiger partial charge >= 0.3 is 6.03 Å². The second-order valence-corrected chi connectivity index (χ2v) is 5.52. The van der Waals surface area contributed by atoms with Crippen LogP contribution < -0.4 is 15.8 Å². The highest BCUT2D eigenvalue weighted by Gasteiger charge is 2.11. The Bertz CT molecular complexity index is 541. The number of hydrogen-bond acceptors (Lipinski definition) is 4. The number of nitrogens with one attached hydrogen (secondary N) is 2. The zero-order valence-corrected chi connectivity index (χ0v) is 11.3. The number of carbonyl (C=O) groups excluding carboxylic acids is 1. The van der Waals surface area contributed by atoms with Crippen molar-refractivity contribution in [2.75, 3.05) is 11.9 Å². The molecule has 0 saturated carbocycles. The van der Waals surface area contributed by atoms with Crippen molar-refractivity contribution in [1.82, 2.24) is 5.32 Å². The molecule has 0 spiro atoms. The largest absolute Gasteiger partial charge is 0.394 e.